The number of amides is 1. The molecule has 1 aromatic heterocycles. The molecule has 1 atom stereocenters. The van der Waals surface area contributed by atoms with Gasteiger partial charge in [0.25, 0.3) is 0 Å². The molecule has 1 aliphatic rings. The molecule has 0 bridgehead atoms. The summed E-state index contributed by atoms with van der Waals surface area (Å²) in [6.07, 6.45) is 2.22. The number of likely N-dealkylation sites (tertiary alicyclic amines) is 1. The molecule has 0 radical (unpaired) electrons. The second-order valence-electron chi connectivity index (χ2n) is 5.87. The van der Waals surface area contributed by atoms with Crippen LogP contribution in [0.1, 0.15) is 45.2 Å². The van der Waals surface area contributed by atoms with Gasteiger partial charge in [0.15, 0.2) is 0 Å². The lowest BCUT2D eigenvalue weighted by molar-refractivity contribution is 0.0224. The maximum Gasteiger partial charge on any atom is 0.410 e. The van der Waals surface area contributed by atoms with E-state index in [2.05, 4.69) is 4.98 Å². The fraction of sp³-hybridized carbons (Fsp3) is 0.571. The van der Waals surface area contributed by atoms with E-state index in [0.29, 0.717) is 12.1 Å². The number of pyridine rings is 1. The highest BCUT2D eigenvalue weighted by atomic mass is 35.5. The van der Waals surface area contributed by atoms with Gasteiger partial charge in [0.1, 0.15) is 16.6 Å². The van der Waals surface area contributed by atoms with E-state index in [1.165, 1.54) is 6.07 Å². The van der Waals surface area contributed by atoms with Crippen molar-refractivity contribution in [2.75, 3.05) is 6.54 Å². The molecule has 1 aliphatic heterocycles. The molecule has 0 aliphatic carbocycles. The van der Waals surface area contributed by atoms with Crippen LogP contribution in [-0.2, 0) is 4.74 Å². The Balaban J connectivity index is 2.23. The number of carbonyl (C=O) groups excluding carboxylic acids is 1. The van der Waals surface area contributed by atoms with Crippen LogP contribution in [0.2, 0.25) is 5.15 Å². The zero-order valence-corrected chi connectivity index (χ0v) is 12.6. The van der Waals surface area contributed by atoms with Crippen LogP contribution in [0.5, 0.6) is 0 Å². The Labute approximate surface area is 122 Å². The minimum absolute atomic E-state index is 0.229. The van der Waals surface area contributed by atoms with E-state index in [0.717, 1.165) is 19.0 Å². The third kappa shape index (κ3) is 3.39. The molecule has 2 heterocycles. The van der Waals surface area contributed by atoms with Gasteiger partial charge in [0.05, 0.1) is 12.2 Å². The molecule has 1 amide bonds. The lowest BCUT2D eigenvalue weighted by atomic mass is 10.1. The SMILES string of the molecule is CC(C)(C)OC(=O)N1CCCC1c1cc(F)cnc1Cl. The minimum Gasteiger partial charge on any atom is -0.444 e. The normalized spacial score (nSPS) is 19.2. The number of aromatic nitrogens is 1. The van der Waals surface area contributed by atoms with Gasteiger partial charge < -0.3 is 9.64 Å². The number of carbonyl (C=O) groups is 1. The van der Waals surface area contributed by atoms with Crippen molar-refractivity contribution >= 4 is 17.7 Å². The van der Waals surface area contributed by atoms with Crippen molar-refractivity contribution in [3.05, 3.63) is 28.8 Å². The van der Waals surface area contributed by atoms with Crippen molar-refractivity contribution in [2.24, 2.45) is 0 Å². The molecular weight excluding hydrogens is 283 g/mol. The first-order chi connectivity index (χ1) is 9.28. The monoisotopic (exact) mass is 300 g/mol. The molecule has 0 aromatic carbocycles. The molecule has 6 heteroatoms. The van der Waals surface area contributed by atoms with Crippen LogP contribution < -0.4 is 0 Å². The molecule has 2 rings (SSSR count). The highest BCUT2D eigenvalue weighted by Gasteiger charge is 2.34. The summed E-state index contributed by atoms with van der Waals surface area (Å²) in [7, 11) is 0. The summed E-state index contributed by atoms with van der Waals surface area (Å²) in [5.74, 6) is -0.458. The molecule has 1 aromatic rings. The molecule has 20 heavy (non-hydrogen) atoms. The van der Waals surface area contributed by atoms with Crippen LogP contribution in [0.15, 0.2) is 12.3 Å². The Bertz CT molecular complexity index is 516. The maximum atomic E-state index is 13.3. The third-order valence-corrected chi connectivity index (χ3v) is 3.39. The third-order valence-electron chi connectivity index (χ3n) is 3.07. The van der Waals surface area contributed by atoms with Crippen molar-refractivity contribution in [2.45, 2.75) is 45.3 Å². The highest BCUT2D eigenvalue weighted by molar-refractivity contribution is 6.30. The molecule has 0 saturated carbocycles. The van der Waals surface area contributed by atoms with Crippen molar-refractivity contribution in [1.82, 2.24) is 9.88 Å². The van der Waals surface area contributed by atoms with Gasteiger partial charge in [-0.3, -0.25) is 0 Å². The van der Waals surface area contributed by atoms with Gasteiger partial charge in [-0.2, -0.15) is 0 Å². The quantitative estimate of drug-likeness (QED) is 0.738. The Hall–Kier alpha value is -1.36. The first-order valence-corrected chi connectivity index (χ1v) is 6.96. The van der Waals surface area contributed by atoms with Crippen LogP contribution >= 0.6 is 11.6 Å². The van der Waals surface area contributed by atoms with E-state index in [4.69, 9.17) is 16.3 Å². The van der Waals surface area contributed by atoms with E-state index in [-0.39, 0.29) is 11.2 Å². The summed E-state index contributed by atoms with van der Waals surface area (Å²) >= 11 is 6.02. The predicted octanol–water partition coefficient (Wildman–Crippen LogP) is 3.95. The molecule has 0 N–H and O–H groups in total. The summed E-state index contributed by atoms with van der Waals surface area (Å²) in [4.78, 5) is 17.6. The van der Waals surface area contributed by atoms with E-state index in [1.54, 1.807) is 4.90 Å². The molecule has 0 spiro atoms. The van der Waals surface area contributed by atoms with Crippen molar-refractivity contribution in [3.63, 3.8) is 0 Å². The van der Waals surface area contributed by atoms with Crippen LogP contribution in [0, 0.1) is 5.82 Å². The van der Waals surface area contributed by atoms with Crippen LogP contribution in [-0.4, -0.2) is 28.1 Å². The Morgan fingerprint density at radius 1 is 1.55 bits per heavy atom. The predicted molar refractivity (Wildman–Crippen MR) is 74.1 cm³/mol. The molecule has 110 valence electrons. The van der Waals surface area contributed by atoms with E-state index < -0.39 is 17.5 Å². The van der Waals surface area contributed by atoms with E-state index >= 15 is 0 Å². The highest BCUT2D eigenvalue weighted by Crippen LogP contribution is 2.36. The van der Waals surface area contributed by atoms with Gasteiger partial charge >= 0.3 is 6.09 Å². The Kier molecular flexibility index (Phi) is 4.18. The average molecular weight is 301 g/mol. The van der Waals surface area contributed by atoms with Crippen LogP contribution in [0.25, 0.3) is 0 Å². The lowest BCUT2D eigenvalue weighted by Gasteiger charge is -2.29. The van der Waals surface area contributed by atoms with E-state index in [9.17, 15) is 9.18 Å². The molecule has 1 fully saturated rings. The van der Waals surface area contributed by atoms with Crippen LogP contribution in [0.4, 0.5) is 9.18 Å². The van der Waals surface area contributed by atoms with Gasteiger partial charge in [-0.05, 0) is 39.7 Å². The lowest BCUT2D eigenvalue weighted by Crippen LogP contribution is -2.36. The second kappa shape index (κ2) is 5.56. The first kappa shape index (κ1) is 15.0. The number of ether oxygens (including phenoxy) is 1. The second-order valence-corrected chi connectivity index (χ2v) is 6.22. The van der Waals surface area contributed by atoms with E-state index in [1.807, 2.05) is 20.8 Å². The fourth-order valence-electron chi connectivity index (χ4n) is 2.30. The van der Waals surface area contributed by atoms with Gasteiger partial charge in [-0.1, -0.05) is 11.6 Å². The van der Waals surface area contributed by atoms with Gasteiger partial charge in [0, 0.05) is 12.1 Å². The van der Waals surface area contributed by atoms with Gasteiger partial charge in [-0.25, -0.2) is 14.2 Å². The zero-order valence-electron chi connectivity index (χ0n) is 11.8. The summed E-state index contributed by atoms with van der Waals surface area (Å²) in [5, 5.41) is 0.229. The van der Waals surface area contributed by atoms with Gasteiger partial charge in [-0.15, -0.1) is 0 Å². The molecular formula is C14H18ClFN2O2. The summed E-state index contributed by atoms with van der Waals surface area (Å²) < 4.78 is 18.7. The zero-order chi connectivity index (χ0) is 14.9. The van der Waals surface area contributed by atoms with Crippen molar-refractivity contribution < 1.29 is 13.9 Å². The van der Waals surface area contributed by atoms with Crippen molar-refractivity contribution in [1.29, 1.82) is 0 Å². The molecule has 1 unspecified atom stereocenters. The topological polar surface area (TPSA) is 42.4 Å². The number of halogens is 2. The molecule has 4 nitrogen and oxygen atoms in total. The minimum atomic E-state index is -0.561. The average Bonchev–Trinajstić information content (AvgIpc) is 2.79. The summed E-state index contributed by atoms with van der Waals surface area (Å²) in [5.41, 5.74) is -0.0242. The van der Waals surface area contributed by atoms with Gasteiger partial charge in [0.2, 0.25) is 0 Å². The smallest absolute Gasteiger partial charge is 0.410 e. The standard InChI is InChI=1S/C14H18ClFN2O2/c1-14(2,3)20-13(19)18-6-4-5-11(18)10-7-9(16)8-17-12(10)15/h7-8,11H,4-6H2,1-3H3. The number of nitrogens with zero attached hydrogens (tertiary/aromatic N) is 2. The maximum absolute atomic E-state index is 13.3. The summed E-state index contributed by atoms with van der Waals surface area (Å²) in [6.45, 7) is 6.01. The summed E-state index contributed by atoms with van der Waals surface area (Å²) in [6, 6.07) is 1.06. The number of hydrogen-bond donors (Lipinski definition) is 0. The van der Waals surface area contributed by atoms with Crippen LogP contribution in [0.3, 0.4) is 0 Å². The Morgan fingerprint density at radius 2 is 2.25 bits per heavy atom. The Morgan fingerprint density at radius 3 is 2.90 bits per heavy atom. The largest absolute Gasteiger partial charge is 0.444 e. The fourth-order valence-corrected chi connectivity index (χ4v) is 2.53. The first-order valence-electron chi connectivity index (χ1n) is 6.58. The molecule has 1 saturated heterocycles. The number of hydrogen-bond acceptors (Lipinski definition) is 3. The number of rotatable bonds is 1. The van der Waals surface area contributed by atoms with Crippen molar-refractivity contribution in [3.8, 4) is 0 Å².